The predicted molar refractivity (Wildman–Crippen MR) is 71.6 cm³/mol. The van der Waals surface area contributed by atoms with Gasteiger partial charge in [0.1, 0.15) is 11.8 Å². The van der Waals surface area contributed by atoms with Crippen molar-refractivity contribution in [3.8, 4) is 6.07 Å². The van der Waals surface area contributed by atoms with E-state index in [-0.39, 0.29) is 11.6 Å². The summed E-state index contributed by atoms with van der Waals surface area (Å²) in [5.74, 6) is -0.253. The highest BCUT2D eigenvalue weighted by atomic mass is 35.5. The van der Waals surface area contributed by atoms with Crippen molar-refractivity contribution in [2.24, 2.45) is 0 Å². The third kappa shape index (κ3) is 3.30. The number of pyridine rings is 1. The van der Waals surface area contributed by atoms with Gasteiger partial charge in [-0.05, 0) is 23.8 Å². The third-order valence-electron chi connectivity index (χ3n) is 2.54. The minimum atomic E-state index is -0.253. The average Bonchev–Trinajstić information content (AvgIpc) is 2.46. The second-order valence-electron chi connectivity index (χ2n) is 3.82. The Labute approximate surface area is 115 Å². The smallest absolute Gasteiger partial charge is 0.253 e. The molecule has 0 atom stereocenters. The molecule has 1 aromatic heterocycles. The largest absolute Gasteiger partial charge is 0.348 e. The number of nitriles is 1. The van der Waals surface area contributed by atoms with Crippen LogP contribution in [0.5, 0.6) is 0 Å². The first-order valence-electron chi connectivity index (χ1n) is 5.58. The van der Waals surface area contributed by atoms with Crippen LogP contribution in [0.3, 0.4) is 0 Å². The van der Waals surface area contributed by atoms with Crippen LogP contribution < -0.4 is 5.32 Å². The van der Waals surface area contributed by atoms with Gasteiger partial charge in [-0.1, -0.05) is 29.8 Å². The topological polar surface area (TPSA) is 65.8 Å². The lowest BCUT2D eigenvalue weighted by molar-refractivity contribution is 0.0950. The van der Waals surface area contributed by atoms with Gasteiger partial charge in [0.2, 0.25) is 0 Å². The number of benzene rings is 1. The highest BCUT2D eigenvalue weighted by molar-refractivity contribution is 6.31. The van der Waals surface area contributed by atoms with Gasteiger partial charge in [-0.15, -0.1) is 0 Å². The first-order chi connectivity index (χ1) is 9.20. The molecule has 0 aliphatic heterocycles. The second kappa shape index (κ2) is 5.98. The van der Waals surface area contributed by atoms with E-state index < -0.39 is 0 Å². The molecule has 0 saturated carbocycles. The Bertz CT molecular complexity index is 632. The molecule has 1 aromatic carbocycles. The summed E-state index contributed by atoms with van der Waals surface area (Å²) in [6.07, 6.45) is 1.38. The molecule has 0 aliphatic rings. The fourth-order valence-corrected chi connectivity index (χ4v) is 1.72. The number of hydrogen-bond donors (Lipinski definition) is 1. The summed E-state index contributed by atoms with van der Waals surface area (Å²) in [6.45, 7) is 0.346. The summed E-state index contributed by atoms with van der Waals surface area (Å²) in [4.78, 5) is 15.7. The van der Waals surface area contributed by atoms with Crippen LogP contribution in [0.15, 0.2) is 42.6 Å². The van der Waals surface area contributed by atoms with E-state index in [2.05, 4.69) is 10.3 Å². The van der Waals surface area contributed by atoms with E-state index in [0.717, 1.165) is 5.56 Å². The number of hydrogen-bond acceptors (Lipinski definition) is 3. The lowest BCUT2D eigenvalue weighted by Gasteiger charge is -2.06. The highest BCUT2D eigenvalue weighted by Gasteiger charge is 2.07. The van der Waals surface area contributed by atoms with Crippen LogP contribution in [-0.2, 0) is 6.54 Å². The zero-order chi connectivity index (χ0) is 13.7. The summed E-state index contributed by atoms with van der Waals surface area (Å²) < 4.78 is 0. The Kier molecular flexibility index (Phi) is 4.11. The van der Waals surface area contributed by atoms with Crippen molar-refractivity contribution < 1.29 is 4.79 Å². The lowest BCUT2D eigenvalue weighted by Crippen LogP contribution is -2.23. The van der Waals surface area contributed by atoms with Crippen molar-refractivity contribution in [2.75, 3.05) is 0 Å². The molecule has 5 heteroatoms. The number of nitrogens with one attached hydrogen (secondary N) is 1. The normalized spacial score (nSPS) is 9.68. The number of amides is 1. The maximum atomic E-state index is 11.9. The van der Waals surface area contributed by atoms with Gasteiger partial charge in [0, 0.05) is 17.8 Å². The predicted octanol–water partition coefficient (Wildman–Crippen LogP) is 2.54. The van der Waals surface area contributed by atoms with Crippen molar-refractivity contribution in [2.45, 2.75) is 6.54 Å². The van der Waals surface area contributed by atoms with Crippen LogP contribution in [0.25, 0.3) is 0 Å². The van der Waals surface area contributed by atoms with E-state index in [1.165, 1.54) is 12.3 Å². The van der Waals surface area contributed by atoms with Gasteiger partial charge < -0.3 is 5.32 Å². The Hall–Kier alpha value is -2.38. The van der Waals surface area contributed by atoms with Gasteiger partial charge in [-0.2, -0.15) is 5.26 Å². The number of aromatic nitrogens is 1. The summed E-state index contributed by atoms with van der Waals surface area (Å²) >= 11 is 5.99. The Morgan fingerprint density at radius 3 is 2.74 bits per heavy atom. The molecule has 1 N–H and O–H groups in total. The van der Waals surface area contributed by atoms with Gasteiger partial charge in [0.15, 0.2) is 0 Å². The van der Waals surface area contributed by atoms with Gasteiger partial charge in [-0.25, -0.2) is 4.98 Å². The standard InChI is InChI=1S/C14H10ClN3O/c15-13-4-2-1-3-10(13)8-18-14(19)11-5-6-12(7-16)17-9-11/h1-6,9H,8H2,(H,18,19). The molecule has 0 fully saturated rings. The zero-order valence-corrected chi connectivity index (χ0v) is 10.7. The van der Waals surface area contributed by atoms with Crippen LogP contribution in [0.1, 0.15) is 21.6 Å². The Morgan fingerprint density at radius 1 is 1.32 bits per heavy atom. The first-order valence-corrected chi connectivity index (χ1v) is 5.96. The fourth-order valence-electron chi connectivity index (χ4n) is 1.51. The van der Waals surface area contributed by atoms with Crippen molar-refractivity contribution >= 4 is 17.5 Å². The number of rotatable bonds is 3. The van der Waals surface area contributed by atoms with Crippen LogP contribution in [0.2, 0.25) is 5.02 Å². The molecule has 0 unspecified atom stereocenters. The van der Waals surface area contributed by atoms with E-state index in [0.29, 0.717) is 17.1 Å². The van der Waals surface area contributed by atoms with E-state index in [4.69, 9.17) is 16.9 Å². The molecule has 0 aliphatic carbocycles. The Morgan fingerprint density at radius 2 is 2.11 bits per heavy atom. The maximum absolute atomic E-state index is 11.9. The molecule has 0 bridgehead atoms. The molecule has 0 saturated heterocycles. The quantitative estimate of drug-likeness (QED) is 0.933. The second-order valence-corrected chi connectivity index (χ2v) is 4.23. The monoisotopic (exact) mass is 271 g/mol. The van der Waals surface area contributed by atoms with Crippen molar-refractivity contribution in [3.05, 3.63) is 64.4 Å². The van der Waals surface area contributed by atoms with Crippen LogP contribution >= 0.6 is 11.6 Å². The number of carbonyl (C=O) groups excluding carboxylic acids is 1. The zero-order valence-electron chi connectivity index (χ0n) is 9.93. The van der Waals surface area contributed by atoms with E-state index in [1.54, 1.807) is 12.1 Å². The summed E-state index contributed by atoms with van der Waals surface area (Å²) in [5, 5.41) is 12.0. The molecule has 0 spiro atoms. The number of carbonyl (C=O) groups is 1. The molecule has 4 nitrogen and oxygen atoms in total. The molecule has 0 radical (unpaired) electrons. The number of nitrogens with zero attached hydrogens (tertiary/aromatic N) is 2. The summed E-state index contributed by atoms with van der Waals surface area (Å²) in [5.41, 5.74) is 1.54. The molecule has 1 heterocycles. The maximum Gasteiger partial charge on any atom is 0.253 e. The molecular formula is C14H10ClN3O. The molecular weight excluding hydrogens is 262 g/mol. The summed E-state index contributed by atoms with van der Waals surface area (Å²) in [7, 11) is 0. The molecule has 1 amide bonds. The van der Waals surface area contributed by atoms with Gasteiger partial charge >= 0.3 is 0 Å². The number of halogens is 1. The van der Waals surface area contributed by atoms with Crippen LogP contribution in [0.4, 0.5) is 0 Å². The molecule has 19 heavy (non-hydrogen) atoms. The van der Waals surface area contributed by atoms with Crippen molar-refractivity contribution in [1.82, 2.24) is 10.3 Å². The van der Waals surface area contributed by atoms with Gasteiger partial charge in [0.25, 0.3) is 5.91 Å². The molecule has 94 valence electrons. The van der Waals surface area contributed by atoms with Crippen LogP contribution in [-0.4, -0.2) is 10.9 Å². The third-order valence-corrected chi connectivity index (χ3v) is 2.91. The minimum absolute atomic E-state index is 0.253. The van der Waals surface area contributed by atoms with Crippen molar-refractivity contribution in [3.63, 3.8) is 0 Å². The van der Waals surface area contributed by atoms with Crippen molar-refractivity contribution in [1.29, 1.82) is 5.26 Å². The van der Waals surface area contributed by atoms with E-state index in [9.17, 15) is 4.79 Å². The van der Waals surface area contributed by atoms with Gasteiger partial charge in [0.05, 0.1) is 5.56 Å². The first kappa shape index (κ1) is 13.1. The molecule has 2 rings (SSSR count). The minimum Gasteiger partial charge on any atom is -0.348 e. The Balaban J connectivity index is 2.02. The highest BCUT2D eigenvalue weighted by Crippen LogP contribution is 2.14. The molecule has 2 aromatic rings. The average molecular weight is 272 g/mol. The fraction of sp³-hybridized carbons (Fsp3) is 0.0714. The lowest BCUT2D eigenvalue weighted by atomic mass is 10.2. The van der Waals surface area contributed by atoms with E-state index in [1.807, 2.05) is 24.3 Å². The summed E-state index contributed by atoms with van der Waals surface area (Å²) in [6, 6.07) is 12.3. The van der Waals surface area contributed by atoms with Crippen LogP contribution in [0, 0.1) is 11.3 Å². The SMILES string of the molecule is N#Cc1ccc(C(=O)NCc2ccccc2Cl)cn1. The van der Waals surface area contributed by atoms with Gasteiger partial charge in [-0.3, -0.25) is 4.79 Å². The van der Waals surface area contributed by atoms with E-state index >= 15 is 0 Å².